The molecular formula is C34H30N2O3S. The molecule has 1 saturated heterocycles. The first kappa shape index (κ1) is 25.2. The van der Waals surface area contributed by atoms with Crippen LogP contribution in [0.15, 0.2) is 60.7 Å². The molecule has 1 saturated carbocycles. The SMILES string of the molecule is CCCC12C(=O)C(C)(C(c3ccccc3)=C1c1ccccc1)C1C(=O)N(c3sc4c(c3C#N)CCCC4)C(=O)C12. The van der Waals surface area contributed by atoms with Gasteiger partial charge in [-0.1, -0.05) is 74.0 Å². The summed E-state index contributed by atoms with van der Waals surface area (Å²) in [5.74, 6) is -2.25. The van der Waals surface area contributed by atoms with Gasteiger partial charge in [0.1, 0.15) is 11.1 Å². The average molecular weight is 547 g/mol. The van der Waals surface area contributed by atoms with Crippen molar-refractivity contribution in [2.75, 3.05) is 4.90 Å². The van der Waals surface area contributed by atoms with E-state index in [9.17, 15) is 19.6 Å². The monoisotopic (exact) mass is 546 g/mol. The third-order valence-electron chi connectivity index (χ3n) is 9.79. The third kappa shape index (κ3) is 2.94. The van der Waals surface area contributed by atoms with Crippen molar-refractivity contribution >= 4 is 45.1 Å². The number of hydrogen-bond acceptors (Lipinski definition) is 5. The molecule has 5 nitrogen and oxygen atoms in total. The first-order chi connectivity index (χ1) is 19.4. The maximum Gasteiger partial charge on any atom is 0.239 e. The van der Waals surface area contributed by atoms with E-state index >= 15 is 0 Å². The summed E-state index contributed by atoms with van der Waals surface area (Å²) in [6.07, 6.45) is 4.89. The summed E-state index contributed by atoms with van der Waals surface area (Å²) in [7, 11) is 0. The van der Waals surface area contributed by atoms with Crippen LogP contribution in [-0.2, 0) is 27.2 Å². The van der Waals surface area contributed by atoms with Crippen LogP contribution < -0.4 is 4.90 Å². The number of hydrogen-bond donors (Lipinski definition) is 0. The number of nitrogens with zero attached hydrogens (tertiary/aromatic N) is 2. The van der Waals surface area contributed by atoms with Gasteiger partial charge in [-0.15, -0.1) is 11.3 Å². The van der Waals surface area contributed by atoms with Crippen LogP contribution >= 0.6 is 11.3 Å². The van der Waals surface area contributed by atoms with E-state index in [-0.39, 0.29) is 17.6 Å². The molecule has 4 aliphatic rings. The van der Waals surface area contributed by atoms with Gasteiger partial charge in [0, 0.05) is 4.88 Å². The fourth-order valence-corrected chi connectivity index (χ4v) is 9.73. The zero-order valence-corrected chi connectivity index (χ0v) is 23.5. The highest BCUT2D eigenvalue weighted by atomic mass is 32.1. The Kier molecular flexibility index (Phi) is 5.56. The van der Waals surface area contributed by atoms with Crippen LogP contribution in [-0.4, -0.2) is 17.6 Å². The maximum atomic E-state index is 14.8. The van der Waals surface area contributed by atoms with Crippen molar-refractivity contribution in [1.82, 2.24) is 0 Å². The number of rotatable bonds is 5. The smallest absolute Gasteiger partial charge is 0.239 e. The Morgan fingerprint density at radius 3 is 2.12 bits per heavy atom. The molecule has 200 valence electrons. The van der Waals surface area contributed by atoms with Gasteiger partial charge in [0.2, 0.25) is 11.8 Å². The molecule has 1 aromatic heterocycles. The number of benzene rings is 2. The van der Waals surface area contributed by atoms with Crippen LogP contribution in [0.25, 0.3) is 11.1 Å². The lowest BCUT2D eigenvalue weighted by molar-refractivity contribution is -0.134. The lowest BCUT2D eigenvalue weighted by Gasteiger charge is -2.37. The van der Waals surface area contributed by atoms with Crippen molar-refractivity contribution in [3.63, 3.8) is 0 Å². The van der Waals surface area contributed by atoms with E-state index in [1.165, 1.54) is 16.2 Å². The molecule has 4 atom stereocenters. The average Bonchev–Trinajstić information content (AvgIpc) is 3.60. The van der Waals surface area contributed by atoms with Gasteiger partial charge in [-0.2, -0.15) is 5.26 Å². The molecule has 7 rings (SSSR count). The van der Waals surface area contributed by atoms with Gasteiger partial charge in [0.25, 0.3) is 0 Å². The van der Waals surface area contributed by atoms with Gasteiger partial charge in [0.05, 0.1) is 28.2 Å². The molecule has 0 N–H and O–H groups in total. The van der Waals surface area contributed by atoms with E-state index in [1.807, 2.05) is 74.5 Å². The molecule has 0 spiro atoms. The Morgan fingerprint density at radius 1 is 0.900 bits per heavy atom. The van der Waals surface area contributed by atoms with Gasteiger partial charge in [-0.25, -0.2) is 4.90 Å². The Hall–Kier alpha value is -3.82. The zero-order valence-electron chi connectivity index (χ0n) is 22.7. The number of thiophene rings is 1. The summed E-state index contributed by atoms with van der Waals surface area (Å²) in [5, 5.41) is 10.6. The topological polar surface area (TPSA) is 78.2 Å². The van der Waals surface area contributed by atoms with Crippen molar-refractivity contribution in [2.45, 2.75) is 52.4 Å². The molecule has 2 aromatic carbocycles. The largest absolute Gasteiger partial charge is 0.298 e. The summed E-state index contributed by atoms with van der Waals surface area (Å²) < 4.78 is 0. The molecule has 2 heterocycles. The van der Waals surface area contributed by atoms with E-state index in [4.69, 9.17) is 0 Å². The number of carbonyl (C=O) groups excluding carboxylic acids is 3. The van der Waals surface area contributed by atoms with Crippen molar-refractivity contribution < 1.29 is 14.4 Å². The number of Topliss-reactive ketones (excluding diaryl/α,β-unsaturated/α-hetero) is 1. The first-order valence-electron chi connectivity index (χ1n) is 14.2. The van der Waals surface area contributed by atoms with Crippen molar-refractivity contribution in [3.05, 3.63) is 87.8 Å². The number of imide groups is 1. The molecule has 1 aliphatic heterocycles. The lowest BCUT2D eigenvalue weighted by atomic mass is 9.61. The van der Waals surface area contributed by atoms with Crippen molar-refractivity contribution in [1.29, 1.82) is 5.26 Å². The van der Waals surface area contributed by atoms with Crippen LogP contribution in [0, 0.1) is 34.0 Å². The van der Waals surface area contributed by atoms with Crippen molar-refractivity contribution in [3.8, 4) is 6.07 Å². The number of fused-ring (bicyclic) bond motifs is 6. The third-order valence-corrected chi connectivity index (χ3v) is 11.1. The van der Waals surface area contributed by atoms with E-state index in [1.54, 1.807) is 0 Å². The molecule has 40 heavy (non-hydrogen) atoms. The fourth-order valence-electron chi connectivity index (χ4n) is 8.38. The first-order valence-corrected chi connectivity index (χ1v) is 15.1. The molecule has 2 bridgehead atoms. The van der Waals surface area contributed by atoms with E-state index in [0.717, 1.165) is 58.4 Å². The standard InChI is InChI=1S/C34H30N2O3S/c1-3-18-34-26(21-14-8-5-9-15-21)25(20-12-6-4-7-13-20)33(2,32(34)39)27-28(34)30(38)36(29(27)37)31-23(19-35)22-16-10-11-17-24(22)40-31/h4-9,12-15,27-28H,3,10-11,16-18H2,1-2H3. The number of amides is 2. The van der Waals surface area contributed by atoms with Gasteiger partial charge in [0.15, 0.2) is 5.78 Å². The van der Waals surface area contributed by atoms with Crippen LogP contribution in [0.2, 0.25) is 0 Å². The number of carbonyl (C=O) groups is 3. The molecule has 3 aliphatic carbocycles. The van der Waals surface area contributed by atoms with Gasteiger partial charge >= 0.3 is 0 Å². The zero-order chi connectivity index (χ0) is 27.8. The fraction of sp³-hybridized carbons (Fsp3) is 0.353. The second-order valence-electron chi connectivity index (χ2n) is 11.7. The minimum atomic E-state index is -1.16. The number of anilines is 1. The predicted octanol–water partition coefficient (Wildman–Crippen LogP) is 6.60. The second kappa shape index (κ2) is 8.84. The van der Waals surface area contributed by atoms with Gasteiger partial charge in [-0.3, -0.25) is 14.4 Å². The van der Waals surface area contributed by atoms with Crippen LogP contribution in [0.1, 0.15) is 66.7 Å². The Bertz CT molecular complexity index is 1660. The summed E-state index contributed by atoms with van der Waals surface area (Å²) in [6.45, 7) is 3.93. The molecule has 0 radical (unpaired) electrons. The molecule has 6 heteroatoms. The molecular weight excluding hydrogens is 516 g/mol. The summed E-state index contributed by atoms with van der Waals surface area (Å²) in [4.78, 5) is 46.3. The van der Waals surface area contributed by atoms with E-state index < -0.39 is 22.7 Å². The lowest BCUT2D eigenvalue weighted by Crippen LogP contribution is -2.41. The molecule has 2 fully saturated rings. The van der Waals surface area contributed by atoms with E-state index in [0.29, 0.717) is 23.4 Å². The molecule has 4 unspecified atom stereocenters. The number of ketones is 1. The van der Waals surface area contributed by atoms with Crippen LogP contribution in [0.5, 0.6) is 0 Å². The number of aryl methyl sites for hydroxylation is 1. The summed E-state index contributed by atoms with van der Waals surface area (Å²) >= 11 is 1.42. The van der Waals surface area contributed by atoms with Crippen molar-refractivity contribution in [2.24, 2.45) is 22.7 Å². The summed E-state index contributed by atoms with van der Waals surface area (Å²) in [5.41, 5.74) is 2.80. The minimum absolute atomic E-state index is 0.0121. The summed E-state index contributed by atoms with van der Waals surface area (Å²) in [6, 6.07) is 22.1. The number of allylic oxidation sites excluding steroid dienone is 2. The highest BCUT2D eigenvalue weighted by molar-refractivity contribution is 7.17. The predicted molar refractivity (Wildman–Crippen MR) is 155 cm³/mol. The normalized spacial score (nSPS) is 28.7. The maximum absolute atomic E-state index is 14.8. The Labute approximate surface area is 238 Å². The van der Waals surface area contributed by atoms with Crippen LogP contribution in [0.3, 0.4) is 0 Å². The minimum Gasteiger partial charge on any atom is -0.298 e. The van der Waals surface area contributed by atoms with Crippen LogP contribution in [0.4, 0.5) is 5.00 Å². The quantitative estimate of drug-likeness (QED) is 0.338. The highest BCUT2D eigenvalue weighted by Crippen LogP contribution is 2.75. The Balaban J connectivity index is 1.49. The van der Waals surface area contributed by atoms with E-state index in [2.05, 4.69) is 6.07 Å². The number of nitriles is 1. The molecule has 2 amide bonds. The molecule has 3 aromatic rings. The second-order valence-corrected chi connectivity index (χ2v) is 12.8. The highest BCUT2D eigenvalue weighted by Gasteiger charge is 2.80. The Morgan fingerprint density at radius 2 is 1.50 bits per heavy atom. The van der Waals surface area contributed by atoms with Gasteiger partial charge < -0.3 is 0 Å². The van der Waals surface area contributed by atoms with Gasteiger partial charge in [-0.05, 0) is 66.9 Å².